The van der Waals surface area contributed by atoms with Gasteiger partial charge in [-0.25, -0.2) is 8.42 Å². The third-order valence-electron chi connectivity index (χ3n) is 17.7. The van der Waals surface area contributed by atoms with Crippen LogP contribution in [0.2, 0.25) is 0 Å². The van der Waals surface area contributed by atoms with E-state index in [4.69, 9.17) is 46.4 Å². The number of benzene rings is 3. The largest absolute Gasteiger partial charge is 0 e. The first-order valence-electron chi connectivity index (χ1n) is 32.3. The number of nitrogens with zero attached hydrogens (tertiary/aromatic N) is 1. The van der Waals surface area contributed by atoms with Crippen LogP contribution in [0.25, 0.3) is 0 Å². The minimum atomic E-state index is -4.38. The van der Waals surface area contributed by atoms with E-state index in [0.29, 0.717) is 34.0 Å². The number of aromatic nitrogens is 1. The van der Waals surface area contributed by atoms with Gasteiger partial charge in [0.15, 0.2) is 0 Å². The average Bonchev–Trinajstić information content (AvgIpc) is 0.844. The molecular formula is C68H110Cl5NO9P3Pd2S3+. The summed E-state index contributed by atoms with van der Waals surface area (Å²) in [5.74, 6) is 0. The fourth-order valence-corrected chi connectivity index (χ4v) is 31.0. The minimum Gasteiger partial charge on any atom is 0 e. The summed E-state index contributed by atoms with van der Waals surface area (Å²) in [4.78, 5) is 4.62. The molecule has 3 aromatic carbocycles. The van der Waals surface area contributed by atoms with Crippen molar-refractivity contribution in [1.82, 2.24) is 4.98 Å². The Morgan fingerprint density at radius 1 is 0.407 bits per heavy atom. The molecule has 2 N–H and O–H groups in total. The van der Waals surface area contributed by atoms with Crippen LogP contribution >= 0.6 is 79.7 Å². The molecule has 1 heterocycles. The molecule has 0 saturated heterocycles. The van der Waals surface area contributed by atoms with E-state index in [1.165, 1.54) is 205 Å². The van der Waals surface area contributed by atoms with E-state index in [0.717, 1.165) is 27.3 Å². The number of rotatable bonds is 12. The molecular weight excluding hydrogens is 1550 g/mol. The van der Waals surface area contributed by atoms with Gasteiger partial charge < -0.3 is 19.4 Å². The Labute approximate surface area is 605 Å². The molecule has 0 spiro atoms. The molecule has 10 rings (SSSR count). The zero-order valence-electron chi connectivity index (χ0n) is 54.9. The Hall–Kier alpha value is 0.605. The van der Waals surface area contributed by atoms with E-state index in [2.05, 4.69) is 46.5 Å². The van der Waals surface area contributed by atoms with Crippen molar-refractivity contribution in [2.45, 2.75) is 275 Å². The topological polar surface area (TPSA) is 179 Å². The van der Waals surface area contributed by atoms with E-state index < -0.39 is 54.1 Å². The summed E-state index contributed by atoms with van der Waals surface area (Å²) in [6, 6.07) is 27.6. The van der Waals surface area contributed by atoms with E-state index >= 15 is 0 Å². The molecule has 0 aliphatic heterocycles. The summed E-state index contributed by atoms with van der Waals surface area (Å²) in [6.45, 7) is 8.24. The summed E-state index contributed by atoms with van der Waals surface area (Å²) in [6.07, 6.45) is 39.2. The van der Waals surface area contributed by atoms with Crippen LogP contribution in [-0.2, 0) is 69.0 Å². The second-order valence-corrected chi connectivity index (χ2v) is 39.1. The average molecular weight is 1660 g/mol. The molecule has 10 nitrogen and oxygen atoms in total. The van der Waals surface area contributed by atoms with Crippen molar-refractivity contribution >= 4 is 126 Å². The number of halogens is 5. The smallest absolute Gasteiger partial charge is 0 e. The fourth-order valence-electron chi connectivity index (χ4n) is 14.3. The summed E-state index contributed by atoms with van der Waals surface area (Å²) in [7, 11) is -11.1. The van der Waals surface area contributed by atoms with Gasteiger partial charge >= 0.3 is 27.7 Å². The molecule has 0 radical (unpaired) electrons. The van der Waals surface area contributed by atoms with Crippen LogP contribution in [0.15, 0.2) is 106 Å². The van der Waals surface area contributed by atoms with Crippen LogP contribution in [0.1, 0.15) is 224 Å². The van der Waals surface area contributed by atoms with Crippen LogP contribution in [0.3, 0.4) is 0 Å². The number of hydrogen-bond donors (Lipinski definition) is 2. The molecule has 0 unspecified atom stereocenters. The van der Waals surface area contributed by atoms with Gasteiger partial charge in [-0.05, 0) is 216 Å². The van der Waals surface area contributed by atoms with Gasteiger partial charge in [-0.3, -0.25) is 14.1 Å². The van der Waals surface area contributed by atoms with Crippen molar-refractivity contribution < 1.29 is 77.5 Å². The molecule has 0 atom stereocenters. The molecule has 0 amide bonds. The van der Waals surface area contributed by atoms with Gasteiger partial charge in [-0.15, -0.1) is 46.4 Å². The fraction of sp³-hybridized carbons (Fsp3) is 0.632. The van der Waals surface area contributed by atoms with Crippen LogP contribution in [-0.4, -0.2) is 88.5 Å². The Bertz CT molecular complexity index is 2520. The molecule has 4 aromatic rings. The zero-order valence-corrected chi connectivity index (χ0v) is 67.2. The number of hydrogen-bond acceptors (Lipinski definition) is 8. The van der Waals surface area contributed by atoms with Gasteiger partial charge in [0.05, 0.1) is 49.5 Å². The van der Waals surface area contributed by atoms with E-state index in [1.54, 1.807) is 30.3 Å². The van der Waals surface area contributed by atoms with Crippen LogP contribution in [0.4, 0.5) is 0 Å². The van der Waals surface area contributed by atoms with E-state index in [1.807, 2.05) is 68.4 Å². The van der Waals surface area contributed by atoms with E-state index in [9.17, 15) is 38.9 Å². The monoisotopic (exact) mass is 1660 g/mol. The molecule has 6 fully saturated rings. The van der Waals surface area contributed by atoms with Crippen molar-refractivity contribution in [2.75, 3.05) is 10.7 Å². The first-order valence-corrected chi connectivity index (χ1v) is 45.7. The molecule has 0 bridgehead atoms. The van der Waals surface area contributed by atoms with Crippen molar-refractivity contribution in [3.05, 3.63) is 117 Å². The predicted molar refractivity (Wildman–Crippen MR) is 394 cm³/mol. The van der Waals surface area contributed by atoms with Crippen LogP contribution in [0.5, 0.6) is 0 Å². The molecule has 6 aliphatic rings. The maximum atomic E-state index is 11.9. The molecule has 1 aromatic heterocycles. The van der Waals surface area contributed by atoms with Crippen molar-refractivity contribution in [3.8, 4) is 0 Å². The normalized spacial score (nSPS) is 17.9. The van der Waals surface area contributed by atoms with Crippen LogP contribution in [0, 0.1) is 28.7 Å². The maximum absolute atomic E-state index is 11.9. The number of aryl methyl sites for hydroxylation is 2. The van der Waals surface area contributed by atoms with Crippen molar-refractivity contribution in [3.63, 3.8) is 0 Å². The van der Waals surface area contributed by atoms with E-state index in [-0.39, 0.29) is 60.6 Å². The van der Waals surface area contributed by atoms with Gasteiger partial charge in [0, 0.05) is 55.6 Å². The second kappa shape index (κ2) is 51.7. The Kier molecular flexibility index (Phi) is 52.1. The molecule has 528 valence electrons. The summed E-state index contributed by atoms with van der Waals surface area (Å²) < 4.78 is 102. The number of alkyl halides is 4. The molecule has 23 heteroatoms. The third kappa shape index (κ3) is 33.6. The Morgan fingerprint density at radius 3 is 0.769 bits per heavy atom. The van der Waals surface area contributed by atoms with Crippen LogP contribution < -0.4 is 15.9 Å². The Morgan fingerprint density at radius 2 is 0.593 bits per heavy atom. The first kappa shape index (κ1) is 91.6. The van der Waals surface area contributed by atoms with Crippen molar-refractivity contribution in [2.24, 2.45) is 0 Å². The maximum Gasteiger partial charge on any atom is 0 e. The predicted octanol–water partition coefficient (Wildman–Crippen LogP) is 20.5. The van der Waals surface area contributed by atoms with Gasteiger partial charge in [0.2, 0.25) is 0 Å². The second-order valence-electron chi connectivity index (χ2n) is 24.1. The number of pyridine rings is 1. The first-order chi connectivity index (χ1) is 42.2. The molecule has 91 heavy (non-hydrogen) atoms. The van der Waals surface area contributed by atoms with Gasteiger partial charge in [-0.1, -0.05) is 101 Å². The Balaban J connectivity index is 0.00000115. The summed E-state index contributed by atoms with van der Waals surface area (Å²) >= 11 is 21.3. The van der Waals surface area contributed by atoms with Crippen molar-refractivity contribution in [1.29, 1.82) is 0 Å². The zero-order chi connectivity index (χ0) is 65.0. The minimum absolute atomic E-state index is 0. The molecule has 6 aliphatic carbocycles. The molecule has 6 saturated carbocycles. The van der Waals surface area contributed by atoms with Gasteiger partial charge in [0.25, 0.3) is 20.2 Å². The third-order valence-corrected chi connectivity index (χ3v) is 32.9. The quantitative estimate of drug-likeness (QED) is 0.0456. The summed E-state index contributed by atoms with van der Waals surface area (Å²) in [5.41, 5.74) is 6.12. The standard InChI is InChI=1S/3C18H27O3PS.C7H9N.C3H8.2CH2Cl2.2CH3.ClH.2Pd/c3*19-23(20,21)18-14-8-7-13-17(18)22(15-9-3-1-4-10-15)16-11-5-2-6-12-16;1-6-4-3-5-7(2)8-6;1-3-2;2*2-1-3;;;;;/h3*7-8,13-16H,1-6,9-12H2,(H,19,20,21);3-5H,1-2H3;3H2,1-2H3;2*1H2;2*1H3;1H;;/q;;;;;;;2*-1;;;+2/p+1. The SMILES string of the molecule is CCC.Cc1cccc(C)n1.ClCCl.ClCCl.O=S(=O)(O)c1ccccc1[PH+](C1CCCCC1)C1CCCCC1.O=S(=O)(O)c1ccccc1[PH+](C1CCCCC1)C1CCCCC1.O=S(=O)([O-])c1ccccc1[PH+](C1CCCCC1)C1CCCCC1.[CH3-].[CH3-].[Cl][Pd+].[Pd]. The van der Waals surface area contributed by atoms with Gasteiger partial charge in [0.1, 0.15) is 35.8 Å². The summed E-state index contributed by atoms with van der Waals surface area (Å²) in [5, 5.41) is 3.24. The van der Waals surface area contributed by atoms with Gasteiger partial charge in [-0.2, -0.15) is 16.8 Å².